The Hall–Kier alpha value is -0.730. The molecule has 3 N–H and O–H groups in total. The van der Waals surface area contributed by atoms with E-state index in [1.807, 2.05) is 0 Å². The van der Waals surface area contributed by atoms with Crippen LogP contribution in [-0.2, 0) is 0 Å². The lowest BCUT2D eigenvalue weighted by Crippen LogP contribution is -2.48. The number of nitrogens with two attached hydrogens (primary N) is 1. The molecule has 0 rings (SSSR count). The van der Waals surface area contributed by atoms with Gasteiger partial charge in [-0.25, -0.2) is 0 Å². The van der Waals surface area contributed by atoms with Crippen molar-refractivity contribution in [3.63, 3.8) is 0 Å². The lowest BCUT2D eigenvalue weighted by Gasteiger charge is -2.29. The van der Waals surface area contributed by atoms with Gasteiger partial charge in [0.05, 0.1) is 0 Å². The lowest BCUT2D eigenvalue weighted by atomic mass is 9.90. The molecule has 0 aromatic carbocycles. The largest absolute Gasteiger partial charge is 0.370 e. The first-order chi connectivity index (χ1) is 7.26. The van der Waals surface area contributed by atoms with Crippen LogP contribution in [0.25, 0.3) is 0 Å². The van der Waals surface area contributed by atoms with Gasteiger partial charge in [0.15, 0.2) is 5.96 Å². The van der Waals surface area contributed by atoms with Gasteiger partial charge in [-0.05, 0) is 32.1 Å². The third kappa shape index (κ3) is 7.55. The maximum Gasteiger partial charge on any atom is 0.189 e. The fraction of sp³-hybridized carbons (Fsp3) is 0.923. The Morgan fingerprint density at radius 2 is 1.88 bits per heavy atom. The third-order valence-corrected chi connectivity index (χ3v) is 2.65. The van der Waals surface area contributed by atoms with Crippen LogP contribution in [-0.4, -0.2) is 18.0 Å². The standard InChI is InChI=1S/C13H29N3/c1-7-11(4)8-13(5,6)16-12(14)15-9-10(2)3/h10-11H,7-9H2,1-6H3,(H3,14,15,16). The molecule has 0 amide bonds. The van der Waals surface area contributed by atoms with E-state index in [1.54, 1.807) is 0 Å². The van der Waals surface area contributed by atoms with Crippen LogP contribution < -0.4 is 11.1 Å². The van der Waals surface area contributed by atoms with E-state index in [9.17, 15) is 0 Å². The predicted octanol–water partition coefficient (Wildman–Crippen LogP) is 2.76. The molecule has 1 atom stereocenters. The molecule has 0 aromatic rings. The van der Waals surface area contributed by atoms with Gasteiger partial charge in [0.1, 0.15) is 0 Å². The van der Waals surface area contributed by atoms with E-state index in [-0.39, 0.29) is 5.54 Å². The van der Waals surface area contributed by atoms with Crippen molar-refractivity contribution >= 4 is 5.96 Å². The maximum atomic E-state index is 5.86. The summed E-state index contributed by atoms with van der Waals surface area (Å²) in [6, 6.07) is 0. The molecule has 1 unspecified atom stereocenters. The van der Waals surface area contributed by atoms with Crippen LogP contribution in [0.15, 0.2) is 4.99 Å². The van der Waals surface area contributed by atoms with Gasteiger partial charge in [-0.15, -0.1) is 0 Å². The second-order valence-electron chi connectivity index (χ2n) is 5.85. The van der Waals surface area contributed by atoms with Gasteiger partial charge in [0.25, 0.3) is 0 Å². The molecule has 0 bridgehead atoms. The number of hydrogen-bond donors (Lipinski definition) is 2. The molecule has 0 aliphatic rings. The number of rotatable bonds is 6. The van der Waals surface area contributed by atoms with E-state index in [4.69, 9.17) is 5.73 Å². The van der Waals surface area contributed by atoms with E-state index in [0.717, 1.165) is 13.0 Å². The second kappa shape index (κ2) is 6.77. The quantitative estimate of drug-likeness (QED) is 0.541. The lowest BCUT2D eigenvalue weighted by molar-refractivity contribution is 0.341. The van der Waals surface area contributed by atoms with Gasteiger partial charge < -0.3 is 11.1 Å². The predicted molar refractivity (Wildman–Crippen MR) is 72.6 cm³/mol. The zero-order valence-corrected chi connectivity index (χ0v) is 11.8. The Bertz CT molecular complexity index is 219. The van der Waals surface area contributed by atoms with Crippen molar-refractivity contribution in [2.45, 2.75) is 59.9 Å². The van der Waals surface area contributed by atoms with E-state index >= 15 is 0 Å². The maximum absolute atomic E-state index is 5.86. The average Bonchev–Trinajstić information content (AvgIpc) is 2.13. The molecule has 16 heavy (non-hydrogen) atoms. The fourth-order valence-corrected chi connectivity index (χ4v) is 1.73. The first-order valence-electron chi connectivity index (χ1n) is 6.35. The highest BCUT2D eigenvalue weighted by atomic mass is 15.1. The SMILES string of the molecule is CCC(C)CC(C)(C)NC(N)=NCC(C)C. The van der Waals surface area contributed by atoms with Crippen LogP contribution in [0.2, 0.25) is 0 Å². The van der Waals surface area contributed by atoms with Gasteiger partial charge in [-0.3, -0.25) is 4.99 Å². The number of hydrogen-bond acceptors (Lipinski definition) is 1. The van der Waals surface area contributed by atoms with Crippen LogP contribution in [0.4, 0.5) is 0 Å². The normalized spacial score (nSPS) is 15.3. The minimum atomic E-state index is 0.0278. The molecule has 0 saturated carbocycles. The third-order valence-electron chi connectivity index (χ3n) is 2.65. The molecule has 0 saturated heterocycles. The molecule has 0 aromatic heterocycles. The topological polar surface area (TPSA) is 50.4 Å². The summed E-state index contributed by atoms with van der Waals surface area (Å²) in [5, 5.41) is 3.30. The van der Waals surface area contributed by atoms with Gasteiger partial charge in [0.2, 0.25) is 0 Å². The van der Waals surface area contributed by atoms with Crippen molar-refractivity contribution in [1.29, 1.82) is 0 Å². The van der Waals surface area contributed by atoms with Crippen molar-refractivity contribution < 1.29 is 0 Å². The van der Waals surface area contributed by atoms with E-state index in [1.165, 1.54) is 6.42 Å². The minimum Gasteiger partial charge on any atom is -0.370 e. The smallest absolute Gasteiger partial charge is 0.189 e. The molecule has 3 heteroatoms. The Labute approximate surface area is 101 Å². The molecule has 0 aliphatic carbocycles. The minimum absolute atomic E-state index is 0.0278. The van der Waals surface area contributed by atoms with Gasteiger partial charge in [-0.1, -0.05) is 34.1 Å². The van der Waals surface area contributed by atoms with E-state index in [0.29, 0.717) is 17.8 Å². The van der Waals surface area contributed by atoms with Crippen LogP contribution in [0, 0.1) is 11.8 Å². The molecule has 0 fully saturated rings. The number of guanidine groups is 1. The van der Waals surface area contributed by atoms with Crippen LogP contribution in [0.5, 0.6) is 0 Å². The molecule has 0 aliphatic heterocycles. The Morgan fingerprint density at radius 1 is 1.31 bits per heavy atom. The van der Waals surface area contributed by atoms with Crippen molar-refractivity contribution in [2.75, 3.05) is 6.54 Å². The van der Waals surface area contributed by atoms with Crippen molar-refractivity contribution in [3.8, 4) is 0 Å². The van der Waals surface area contributed by atoms with Gasteiger partial charge >= 0.3 is 0 Å². The Kier molecular flexibility index (Phi) is 6.46. The van der Waals surface area contributed by atoms with E-state index < -0.39 is 0 Å². The molecular weight excluding hydrogens is 198 g/mol. The molecular formula is C13H29N3. The summed E-state index contributed by atoms with van der Waals surface area (Å²) < 4.78 is 0. The highest BCUT2D eigenvalue weighted by Gasteiger charge is 2.20. The summed E-state index contributed by atoms with van der Waals surface area (Å²) in [5.74, 6) is 1.83. The number of nitrogens with zero attached hydrogens (tertiary/aromatic N) is 1. The zero-order valence-electron chi connectivity index (χ0n) is 11.8. The first kappa shape index (κ1) is 15.3. The molecule has 96 valence electrons. The number of nitrogens with one attached hydrogen (secondary N) is 1. The summed E-state index contributed by atoms with van der Waals surface area (Å²) in [6.07, 6.45) is 2.32. The van der Waals surface area contributed by atoms with Crippen LogP contribution >= 0.6 is 0 Å². The average molecular weight is 227 g/mol. The van der Waals surface area contributed by atoms with Gasteiger partial charge in [-0.2, -0.15) is 0 Å². The Morgan fingerprint density at radius 3 is 2.31 bits per heavy atom. The second-order valence-corrected chi connectivity index (χ2v) is 5.85. The van der Waals surface area contributed by atoms with Crippen LogP contribution in [0.3, 0.4) is 0 Å². The highest BCUT2D eigenvalue weighted by molar-refractivity contribution is 5.78. The zero-order chi connectivity index (χ0) is 12.8. The fourth-order valence-electron chi connectivity index (χ4n) is 1.73. The summed E-state index contributed by atoms with van der Waals surface area (Å²) in [7, 11) is 0. The first-order valence-corrected chi connectivity index (χ1v) is 6.35. The van der Waals surface area contributed by atoms with Gasteiger partial charge in [0, 0.05) is 12.1 Å². The summed E-state index contributed by atoms with van der Waals surface area (Å²) in [5.41, 5.74) is 5.89. The van der Waals surface area contributed by atoms with Crippen molar-refractivity contribution in [1.82, 2.24) is 5.32 Å². The summed E-state index contributed by atoms with van der Waals surface area (Å²) >= 11 is 0. The number of aliphatic imine (C=N–C) groups is 1. The van der Waals surface area contributed by atoms with E-state index in [2.05, 4.69) is 51.9 Å². The van der Waals surface area contributed by atoms with Crippen LogP contribution in [0.1, 0.15) is 54.4 Å². The molecule has 0 spiro atoms. The summed E-state index contributed by atoms with van der Waals surface area (Å²) in [6.45, 7) is 13.9. The Balaban J connectivity index is 4.18. The van der Waals surface area contributed by atoms with Crippen molar-refractivity contribution in [3.05, 3.63) is 0 Å². The molecule has 0 radical (unpaired) electrons. The molecule has 3 nitrogen and oxygen atoms in total. The monoisotopic (exact) mass is 227 g/mol. The molecule has 0 heterocycles. The highest BCUT2D eigenvalue weighted by Crippen LogP contribution is 2.18. The summed E-state index contributed by atoms with van der Waals surface area (Å²) in [4.78, 5) is 4.33. The van der Waals surface area contributed by atoms with Crippen molar-refractivity contribution in [2.24, 2.45) is 22.6 Å².